The van der Waals surface area contributed by atoms with Gasteiger partial charge in [-0.25, -0.2) is 0 Å². The highest BCUT2D eigenvalue weighted by Gasteiger charge is 2.17. The van der Waals surface area contributed by atoms with Crippen LogP contribution in [0, 0.1) is 0 Å². The molecule has 1 atom stereocenters. The van der Waals surface area contributed by atoms with E-state index < -0.39 is 0 Å². The Bertz CT molecular complexity index is 140. The van der Waals surface area contributed by atoms with Gasteiger partial charge in [0.1, 0.15) is 0 Å². The summed E-state index contributed by atoms with van der Waals surface area (Å²) in [5.74, 6) is 0.116. The van der Waals surface area contributed by atoms with Crippen LogP contribution in [0.25, 0.3) is 0 Å². The van der Waals surface area contributed by atoms with Gasteiger partial charge in [-0.1, -0.05) is 0 Å². The summed E-state index contributed by atoms with van der Waals surface area (Å²) in [5, 5.41) is 2.96. The van der Waals surface area contributed by atoms with Crippen molar-refractivity contribution in [1.82, 2.24) is 5.32 Å². The summed E-state index contributed by atoms with van der Waals surface area (Å²) in [6, 6.07) is 0. The second kappa shape index (κ2) is 4.00. The van der Waals surface area contributed by atoms with Crippen molar-refractivity contribution in [3.63, 3.8) is 0 Å². The van der Waals surface area contributed by atoms with E-state index in [9.17, 15) is 4.79 Å². The van der Waals surface area contributed by atoms with Gasteiger partial charge in [0.25, 0.3) is 0 Å². The summed E-state index contributed by atoms with van der Waals surface area (Å²) >= 11 is 1.56. The molecule has 0 aliphatic carbocycles. The highest BCUT2D eigenvalue weighted by Crippen LogP contribution is 2.07. The average Bonchev–Trinajstić information content (AvgIpc) is 1.82. The van der Waals surface area contributed by atoms with E-state index in [1.54, 1.807) is 11.8 Å². The zero-order valence-corrected chi connectivity index (χ0v) is 8.71. The summed E-state index contributed by atoms with van der Waals surface area (Å²) in [4.78, 5) is 11.3. The molecule has 0 aromatic carbocycles. The molecule has 1 unspecified atom stereocenters. The van der Waals surface area contributed by atoms with Crippen LogP contribution in [-0.4, -0.2) is 23.0 Å². The predicted molar refractivity (Wildman–Crippen MR) is 50.9 cm³/mol. The minimum absolute atomic E-state index is 0.0502. The second-order valence-corrected chi connectivity index (χ2v) is 4.80. The van der Waals surface area contributed by atoms with E-state index in [2.05, 4.69) is 5.32 Å². The SMILES string of the molecule is CSC(C)C(=O)NC(C)(C)C. The Morgan fingerprint density at radius 1 is 1.45 bits per heavy atom. The first-order valence-electron chi connectivity index (χ1n) is 3.71. The van der Waals surface area contributed by atoms with Crippen molar-refractivity contribution in [2.24, 2.45) is 0 Å². The lowest BCUT2D eigenvalue weighted by Crippen LogP contribution is -2.44. The third kappa shape index (κ3) is 5.13. The van der Waals surface area contributed by atoms with Crippen LogP contribution < -0.4 is 5.32 Å². The number of hydrogen-bond donors (Lipinski definition) is 1. The van der Waals surface area contributed by atoms with Crippen LogP contribution in [0.3, 0.4) is 0 Å². The van der Waals surface area contributed by atoms with Gasteiger partial charge >= 0.3 is 0 Å². The summed E-state index contributed by atoms with van der Waals surface area (Å²) in [7, 11) is 0. The molecule has 0 heterocycles. The standard InChI is InChI=1S/C8H17NOS/c1-6(11-5)7(10)9-8(2,3)4/h6H,1-5H3,(H,9,10). The van der Waals surface area contributed by atoms with Crippen molar-refractivity contribution >= 4 is 17.7 Å². The van der Waals surface area contributed by atoms with Crippen molar-refractivity contribution in [2.75, 3.05) is 6.26 Å². The van der Waals surface area contributed by atoms with E-state index in [4.69, 9.17) is 0 Å². The molecule has 0 aliphatic heterocycles. The van der Waals surface area contributed by atoms with E-state index in [-0.39, 0.29) is 16.7 Å². The molecule has 0 aliphatic rings. The number of thioether (sulfide) groups is 1. The number of carbonyl (C=O) groups excluding carboxylic acids is 1. The molecule has 2 nitrogen and oxygen atoms in total. The minimum Gasteiger partial charge on any atom is -0.351 e. The molecule has 0 bridgehead atoms. The quantitative estimate of drug-likeness (QED) is 0.691. The van der Waals surface area contributed by atoms with Crippen molar-refractivity contribution in [3.05, 3.63) is 0 Å². The van der Waals surface area contributed by atoms with E-state index in [0.717, 1.165) is 0 Å². The summed E-state index contributed by atoms with van der Waals surface area (Å²) < 4.78 is 0. The van der Waals surface area contributed by atoms with Gasteiger partial charge in [-0.05, 0) is 34.0 Å². The Morgan fingerprint density at radius 2 is 1.91 bits per heavy atom. The van der Waals surface area contributed by atoms with Crippen LogP contribution in [0.15, 0.2) is 0 Å². The first-order chi connectivity index (χ1) is 4.87. The molecule has 0 saturated carbocycles. The van der Waals surface area contributed by atoms with Gasteiger partial charge in [0, 0.05) is 5.54 Å². The van der Waals surface area contributed by atoms with Crippen LogP contribution in [0.4, 0.5) is 0 Å². The van der Waals surface area contributed by atoms with Gasteiger partial charge in [-0.3, -0.25) is 4.79 Å². The summed E-state index contributed by atoms with van der Waals surface area (Å²) in [6.45, 7) is 7.86. The van der Waals surface area contributed by atoms with Crippen molar-refractivity contribution < 1.29 is 4.79 Å². The van der Waals surface area contributed by atoms with Crippen LogP contribution in [0.2, 0.25) is 0 Å². The Balaban J connectivity index is 3.88. The third-order valence-corrected chi connectivity index (χ3v) is 2.14. The number of amides is 1. The molecule has 0 radical (unpaired) electrons. The van der Waals surface area contributed by atoms with Gasteiger partial charge in [0.2, 0.25) is 5.91 Å². The molecular formula is C8H17NOS. The maximum atomic E-state index is 11.3. The van der Waals surface area contributed by atoms with Gasteiger partial charge in [0.05, 0.1) is 5.25 Å². The smallest absolute Gasteiger partial charge is 0.233 e. The fourth-order valence-corrected chi connectivity index (χ4v) is 0.851. The molecule has 11 heavy (non-hydrogen) atoms. The Morgan fingerprint density at radius 3 is 2.18 bits per heavy atom. The van der Waals surface area contributed by atoms with Crippen molar-refractivity contribution in [2.45, 2.75) is 38.5 Å². The first-order valence-corrected chi connectivity index (χ1v) is 5.00. The van der Waals surface area contributed by atoms with E-state index in [1.807, 2.05) is 34.0 Å². The maximum Gasteiger partial charge on any atom is 0.233 e. The van der Waals surface area contributed by atoms with Crippen LogP contribution in [-0.2, 0) is 4.79 Å². The minimum atomic E-state index is -0.110. The first kappa shape index (κ1) is 10.8. The highest BCUT2D eigenvalue weighted by atomic mass is 32.2. The molecule has 66 valence electrons. The van der Waals surface area contributed by atoms with Crippen LogP contribution in [0.5, 0.6) is 0 Å². The predicted octanol–water partition coefficient (Wildman–Crippen LogP) is 1.65. The van der Waals surface area contributed by atoms with E-state index >= 15 is 0 Å². The highest BCUT2D eigenvalue weighted by molar-refractivity contribution is 7.99. The van der Waals surface area contributed by atoms with Crippen molar-refractivity contribution in [3.8, 4) is 0 Å². The number of hydrogen-bond acceptors (Lipinski definition) is 2. The molecular weight excluding hydrogens is 158 g/mol. The van der Waals surface area contributed by atoms with Gasteiger partial charge in [-0.15, -0.1) is 0 Å². The largest absolute Gasteiger partial charge is 0.351 e. The zero-order chi connectivity index (χ0) is 9.07. The molecule has 1 N–H and O–H groups in total. The Hall–Kier alpha value is -0.180. The molecule has 0 spiro atoms. The van der Waals surface area contributed by atoms with E-state index in [1.165, 1.54) is 0 Å². The molecule has 0 aromatic rings. The third-order valence-electron chi connectivity index (χ3n) is 1.22. The number of nitrogens with one attached hydrogen (secondary N) is 1. The average molecular weight is 175 g/mol. The summed E-state index contributed by atoms with van der Waals surface area (Å²) in [6.07, 6.45) is 1.94. The second-order valence-electron chi connectivity index (χ2n) is 3.62. The zero-order valence-electron chi connectivity index (χ0n) is 7.89. The van der Waals surface area contributed by atoms with E-state index in [0.29, 0.717) is 0 Å². The molecule has 3 heteroatoms. The topological polar surface area (TPSA) is 29.1 Å². The fraction of sp³-hybridized carbons (Fsp3) is 0.875. The molecule has 0 fully saturated rings. The molecule has 1 amide bonds. The molecule has 0 aromatic heterocycles. The Kier molecular flexibility index (Phi) is 3.93. The van der Waals surface area contributed by atoms with Crippen molar-refractivity contribution in [1.29, 1.82) is 0 Å². The lowest BCUT2D eigenvalue weighted by Gasteiger charge is -2.22. The van der Waals surface area contributed by atoms with Gasteiger partial charge in [0.15, 0.2) is 0 Å². The number of carbonyl (C=O) groups is 1. The van der Waals surface area contributed by atoms with Crippen LogP contribution in [0.1, 0.15) is 27.7 Å². The fourth-order valence-electron chi connectivity index (χ4n) is 0.578. The summed E-state index contributed by atoms with van der Waals surface area (Å²) in [5.41, 5.74) is -0.110. The normalized spacial score (nSPS) is 14.3. The van der Waals surface area contributed by atoms with Gasteiger partial charge < -0.3 is 5.32 Å². The lowest BCUT2D eigenvalue weighted by molar-refractivity contribution is -0.121. The number of rotatable bonds is 2. The monoisotopic (exact) mass is 175 g/mol. The van der Waals surface area contributed by atoms with Crippen LogP contribution >= 0.6 is 11.8 Å². The molecule has 0 rings (SSSR count). The Labute approximate surface area is 73.1 Å². The maximum absolute atomic E-state index is 11.3. The van der Waals surface area contributed by atoms with Gasteiger partial charge in [-0.2, -0.15) is 11.8 Å². The molecule has 0 saturated heterocycles. The lowest BCUT2D eigenvalue weighted by atomic mass is 10.1.